The standard InChI is InChI=1S/C24H26N2O3/c1-17-14-22(26(15-17)24(28)29-16-18-8-3-2-4-9-18)23(27)25-21-13-7-11-19-10-5-6-12-20(19)21/h2-6,8-10,12,14,21-22H,7,11,13,15-16H2,1H3,(H,25,27)/t21-,22+/m1/s1. The Morgan fingerprint density at radius 2 is 1.86 bits per heavy atom. The summed E-state index contributed by atoms with van der Waals surface area (Å²) in [7, 11) is 0. The second-order valence-corrected chi connectivity index (χ2v) is 7.78. The predicted octanol–water partition coefficient (Wildman–Crippen LogP) is 4.15. The fraction of sp³-hybridized carbons (Fsp3) is 0.333. The Kier molecular flexibility index (Phi) is 5.65. The van der Waals surface area contributed by atoms with Gasteiger partial charge in [0.15, 0.2) is 0 Å². The van der Waals surface area contributed by atoms with Crippen LogP contribution in [0.1, 0.15) is 42.5 Å². The van der Waals surface area contributed by atoms with Crippen LogP contribution < -0.4 is 5.32 Å². The van der Waals surface area contributed by atoms with Gasteiger partial charge in [-0.15, -0.1) is 0 Å². The zero-order chi connectivity index (χ0) is 20.2. The molecular formula is C24H26N2O3. The fourth-order valence-corrected chi connectivity index (χ4v) is 4.14. The first-order valence-corrected chi connectivity index (χ1v) is 10.1. The van der Waals surface area contributed by atoms with Crippen LogP contribution >= 0.6 is 0 Å². The van der Waals surface area contributed by atoms with Gasteiger partial charge in [0.2, 0.25) is 5.91 Å². The van der Waals surface area contributed by atoms with Crippen molar-refractivity contribution in [2.75, 3.05) is 6.54 Å². The number of carbonyl (C=O) groups is 2. The number of ether oxygens (including phenoxy) is 1. The molecule has 2 aromatic carbocycles. The van der Waals surface area contributed by atoms with Crippen LogP contribution in [-0.4, -0.2) is 29.5 Å². The van der Waals surface area contributed by atoms with Gasteiger partial charge in [-0.25, -0.2) is 4.79 Å². The quantitative estimate of drug-likeness (QED) is 0.798. The van der Waals surface area contributed by atoms with Gasteiger partial charge in [-0.05, 0) is 42.9 Å². The summed E-state index contributed by atoms with van der Waals surface area (Å²) in [6, 6.07) is 17.2. The average molecular weight is 390 g/mol. The lowest BCUT2D eigenvalue weighted by molar-refractivity contribution is -0.125. The topological polar surface area (TPSA) is 58.6 Å². The molecule has 5 heteroatoms. The Labute approximate surface area is 171 Å². The third-order valence-corrected chi connectivity index (χ3v) is 5.59. The summed E-state index contributed by atoms with van der Waals surface area (Å²) < 4.78 is 5.46. The molecule has 0 spiro atoms. The van der Waals surface area contributed by atoms with Crippen molar-refractivity contribution in [3.05, 3.63) is 82.9 Å². The summed E-state index contributed by atoms with van der Waals surface area (Å²) in [5.74, 6) is -0.153. The molecule has 2 aromatic rings. The maximum atomic E-state index is 13.1. The smallest absolute Gasteiger partial charge is 0.411 e. The summed E-state index contributed by atoms with van der Waals surface area (Å²) >= 11 is 0. The molecule has 1 aliphatic carbocycles. The molecule has 2 amide bonds. The van der Waals surface area contributed by atoms with E-state index in [9.17, 15) is 9.59 Å². The van der Waals surface area contributed by atoms with Gasteiger partial charge in [0.05, 0.1) is 6.04 Å². The molecule has 2 atom stereocenters. The molecule has 29 heavy (non-hydrogen) atoms. The molecule has 0 radical (unpaired) electrons. The first kappa shape index (κ1) is 19.2. The molecule has 0 aromatic heterocycles. The predicted molar refractivity (Wildman–Crippen MR) is 111 cm³/mol. The van der Waals surface area contributed by atoms with Gasteiger partial charge in [-0.2, -0.15) is 0 Å². The molecule has 0 bridgehead atoms. The molecule has 0 saturated carbocycles. The highest BCUT2D eigenvalue weighted by atomic mass is 16.6. The minimum atomic E-state index is -0.632. The third-order valence-electron chi connectivity index (χ3n) is 5.59. The second kappa shape index (κ2) is 8.52. The minimum absolute atomic E-state index is 0.0102. The summed E-state index contributed by atoms with van der Waals surface area (Å²) in [6.07, 6.45) is 4.39. The van der Waals surface area contributed by atoms with Crippen molar-refractivity contribution in [2.45, 2.75) is 44.9 Å². The lowest BCUT2D eigenvalue weighted by atomic mass is 9.87. The fourth-order valence-electron chi connectivity index (χ4n) is 4.14. The van der Waals surface area contributed by atoms with E-state index in [0.29, 0.717) is 6.54 Å². The molecule has 1 heterocycles. The number of carbonyl (C=O) groups excluding carboxylic acids is 2. The number of amides is 2. The van der Waals surface area contributed by atoms with Crippen LogP contribution in [-0.2, 0) is 22.6 Å². The lowest BCUT2D eigenvalue weighted by Crippen LogP contribution is -2.47. The van der Waals surface area contributed by atoms with E-state index >= 15 is 0 Å². The Hall–Kier alpha value is -3.08. The van der Waals surface area contributed by atoms with Crippen LogP contribution in [0.2, 0.25) is 0 Å². The normalized spacial score (nSPS) is 20.6. The number of fused-ring (bicyclic) bond motifs is 1. The van der Waals surface area contributed by atoms with Crippen molar-refractivity contribution in [1.82, 2.24) is 10.2 Å². The van der Waals surface area contributed by atoms with Gasteiger partial charge in [0.1, 0.15) is 12.6 Å². The molecule has 5 nitrogen and oxygen atoms in total. The number of aryl methyl sites for hydroxylation is 1. The van der Waals surface area contributed by atoms with Crippen molar-refractivity contribution in [2.24, 2.45) is 0 Å². The zero-order valence-electron chi connectivity index (χ0n) is 16.6. The molecular weight excluding hydrogens is 364 g/mol. The first-order chi connectivity index (χ1) is 14.1. The number of hydrogen-bond donors (Lipinski definition) is 1. The van der Waals surface area contributed by atoms with E-state index in [4.69, 9.17) is 4.74 Å². The first-order valence-electron chi connectivity index (χ1n) is 10.1. The van der Waals surface area contributed by atoms with Crippen molar-refractivity contribution in [3.8, 4) is 0 Å². The van der Waals surface area contributed by atoms with Crippen LogP contribution in [0.15, 0.2) is 66.2 Å². The Balaban J connectivity index is 1.42. The molecule has 4 rings (SSSR count). The van der Waals surface area contributed by atoms with Crippen molar-refractivity contribution >= 4 is 12.0 Å². The third kappa shape index (κ3) is 4.34. The molecule has 2 aliphatic rings. The van der Waals surface area contributed by atoms with Crippen LogP contribution in [0, 0.1) is 0 Å². The summed E-state index contributed by atoms with van der Waals surface area (Å²) in [5.41, 5.74) is 4.39. The Morgan fingerprint density at radius 3 is 2.69 bits per heavy atom. The minimum Gasteiger partial charge on any atom is -0.445 e. The van der Waals surface area contributed by atoms with Gasteiger partial charge < -0.3 is 10.1 Å². The molecule has 150 valence electrons. The second-order valence-electron chi connectivity index (χ2n) is 7.78. The van der Waals surface area contributed by atoms with Gasteiger partial charge in [0, 0.05) is 6.54 Å². The molecule has 1 N–H and O–H groups in total. The highest BCUT2D eigenvalue weighted by Crippen LogP contribution is 2.30. The zero-order valence-corrected chi connectivity index (χ0v) is 16.6. The van der Waals surface area contributed by atoms with Crippen LogP contribution in [0.4, 0.5) is 4.79 Å². The summed E-state index contributed by atoms with van der Waals surface area (Å²) in [6.45, 7) is 2.53. The van der Waals surface area contributed by atoms with E-state index in [2.05, 4.69) is 17.4 Å². The summed E-state index contributed by atoms with van der Waals surface area (Å²) in [4.78, 5) is 27.2. The average Bonchev–Trinajstić information content (AvgIpc) is 3.15. The lowest BCUT2D eigenvalue weighted by Gasteiger charge is -2.29. The van der Waals surface area contributed by atoms with Gasteiger partial charge in [0.25, 0.3) is 0 Å². The SMILES string of the molecule is CC1=C[C@@H](C(=O)N[C@@H]2CCCc3ccccc32)N(C(=O)OCc2ccccc2)C1. The van der Waals surface area contributed by atoms with Gasteiger partial charge in [-0.3, -0.25) is 9.69 Å². The number of hydrogen-bond acceptors (Lipinski definition) is 3. The monoisotopic (exact) mass is 390 g/mol. The van der Waals surface area contributed by atoms with Crippen molar-refractivity contribution < 1.29 is 14.3 Å². The van der Waals surface area contributed by atoms with Crippen LogP contribution in [0.5, 0.6) is 0 Å². The molecule has 0 saturated heterocycles. The van der Waals surface area contributed by atoms with Gasteiger partial charge >= 0.3 is 6.09 Å². The highest BCUT2D eigenvalue weighted by Gasteiger charge is 2.35. The molecule has 1 aliphatic heterocycles. The number of benzene rings is 2. The van der Waals surface area contributed by atoms with Crippen LogP contribution in [0.25, 0.3) is 0 Å². The van der Waals surface area contributed by atoms with Crippen molar-refractivity contribution in [1.29, 1.82) is 0 Å². The summed E-state index contributed by atoms with van der Waals surface area (Å²) in [5, 5.41) is 3.16. The maximum Gasteiger partial charge on any atom is 0.411 e. The largest absolute Gasteiger partial charge is 0.445 e. The van der Waals surface area contributed by atoms with E-state index in [1.165, 1.54) is 16.0 Å². The van der Waals surface area contributed by atoms with E-state index in [0.717, 1.165) is 30.4 Å². The number of rotatable bonds is 4. The van der Waals surface area contributed by atoms with Crippen LogP contribution in [0.3, 0.4) is 0 Å². The molecule has 0 unspecified atom stereocenters. The number of nitrogens with one attached hydrogen (secondary N) is 1. The van der Waals surface area contributed by atoms with E-state index in [-0.39, 0.29) is 18.6 Å². The van der Waals surface area contributed by atoms with E-state index < -0.39 is 12.1 Å². The van der Waals surface area contributed by atoms with E-state index in [1.54, 1.807) is 0 Å². The van der Waals surface area contributed by atoms with E-state index in [1.807, 2.05) is 55.5 Å². The highest BCUT2D eigenvalue weighted by molar-refractivity contribution is 5.89. The van der Waals surface area contributed by atoms with Gasteiger partial charge in [-0.1, -0.05) is 66.2 Å². The number of nitrogens with zero attached hydrogens (tertiary/aromatic N) is 1. The molecule has 0 fully saturated rings. The van der Waals surface area contributed by atoms with Crippen molar-refractivity contribution in [3.63, 3.8) is 0 Å². The Bertz CT molecular complexity index is 923. The maximum absolute atomic E-state index is 13.1. The Morgan fingerprint density at radius 1 is 1.10 bits per heavy atom.